The van der Waals surface area contributed by atoms with Crippen molar-refractivity contribution < 1.29 is 52.2 Å². The number of allylic oxidation sites excluding steroid dienone is 2. The SMILES string of the molecule is CCCCCCCC/C=C\CCCCCCCCCC(=O)OC(COC(=O)CCCCCCCCCCCCC)COP(=O)(O)OCC(CO)OC(=O)CCCCCCCCCCCCCCCCC. The van der Waals surface area contributed by atoms with E-state index in [9.17, 15) is 28.9 Å². The van der Waals surface area contributed by atoms with E-state index in [0.717, 1.165) is 64.2 Å². The summed E-state index contributed by atoms with van der Waals surface area (Å²) in [4.78, 5) is 48.5. The van der Waals surface area contributed by atoms with Crippen LogP contribution < -0.4 is 0 Å². The van der Waals surface area contributed by atoms with Gasteiger partial charge in [0.2, 0.25) is 0 Å². The van der Waals surface area contributed by atoms with Crippen LogP contribution in [0.3, 0.4) is 0 Å². The maximum absolute atomic E-state index is 12.9. The van der Waals surface area contributed by atoms with Crippen molar-refractivity contribution >= 4 is 25.7 Å². The Balaban J connectivity index is 4.63. The lowest BCUT2D eigenvalue weighted by Crippen LogP contribution is -2.30. The molecule has 414 valence electrons. The number of aliphatic hydroxyl groups excluding tert-OH is 1. The smallest absolute Gasteiger partial charge is 0.462 e. The quantitative estimate of drug-likeness (QED) is 0.0197. The number of phosphoric acid groups is 1. The number of ether oxygens (including phenoxy) is 3. The van der Waals surface area contributed by atoms with Gasteiger partial charge in [0.15, 0.2) is 6.10 Å². The van der Waals surface area contributed by atoms with Gasteiger partial charge < -0.3 is 24.2 Å². The molecule has 0 aliphatic heterocycles. The third-order valence-corrected chi connectivity index (χ3v) is 14.1. The lowest BCUT2D eigenvalue weighted by Gasteiger charge is -2.21. The van der Waals surface area contributed by atoms with E-state index in [2.05, 4.69) is 32.9 Å². The predicted octanol–water partition coefficient (Wildman–Crippen LogP) is 17.3. The normalized spacial score (nSPS) is 13.4. The molecule has 70 heavy (non-hydrogen) atoms. The third kappa shape index (κ3) is 51.1. The van der Waals surface area contributed by atoms with E-state index in [-0.39, 0.29) is 25.9 Å². The predicted molar refractivity (Wildman–Crippen MR) is 289 cm³/mol. The van der Waals surface area contributed by atoms with E-state index < -0.39 is 57.8 Å². The fourth-order valence-corrected chi connectivity index (χ4v) is 9.43. The van der Waals surface area contributed by atoms with Crippen LogP contribution in [0.5, 0.6) is 0 Å². The highest BCUT2D eigenvalue weighted by Gasteiger charge is 2.28. The van der Waals surface area contributed by atoms with Gasteiger partial charge >= 0.3 is 25.7 Å². The average molecular weight is 1020 g/mol. The van der Waals surface area contributed by atoms with Crippen LogP contribution in [0, 0.1) is 0 Å². The largest absolute Gasteiger partial charge is 0.472 e. The van der Waals surface area contributed by atoms with E-state index in [1.54, 1.807) is 0 Å². The van der Waals surface area contributed by atoms with Crippen molar-refractivity contribution in [2.45, 2.75) is 315 Å². The first-order chi connectivity index (χ1) is 34.2. The van der Waals surface area contributed by atoms with Gasteiger partial charge in [0.1, 0.15) is 12.7 Å². The molecule has 0 fully saturated rings. The summed E-state index contributed by atoms with van der Waals surface area (Å²) in [6.45, 7) is 4.69. The van der Waals surface area contributed by atoms with Crippen LogP contribution in [0.2, 0.25) is 0 Å². The molecule has 0 aromatic heterocycles. The van der Waals surface area contributed by atoms with Crippen molar-refractivity contribution in [3.05, 3.63) is 12.2 Å². The average Bonchev–Trinajstić information content (AvgIpc) is 3.35. The second-order valence-electron chi connectivity index (χ2n) is 20.2. The Kier molecular flexibility index (Phi) is 52.1. The lowest BCUT2D eigenvalue weighted by molar-refractivity contribution is -0.161. The van der Waals surface area contributed by atoms with Crippen molar-refractivity contribution in [2.75, 3.05) is 26.4 Å². The zero-order valence-electron chi connectivity index (χ0n) is 45.8. The highest BCUT2D eigenvalue weighted by Crippen LogP contribution is 2.43. The first kappa shape index (κ1) is 68.2. The highest BCUT2D eigenvalue weighted by atomic mass is 31.2. The number of aliphatic hydroxyl groups is 1. The van der Waals surface area contributed by atoms with Crippen LogP contribution in [0.4, 0.5) is 0 Å². The number of esters is 3. The maximum Gasteiger partial charge on any atom is 0.472 e. The number of hydrogen-bond donors (Lipinski definition) is 2. The van der Waals surface area contributed by atoms with E-state index in [1.807, 2.05) is 0 Å². The van der Waals surface area contributed by atoms with Gasteiger partial charge in [-0.3, -0.25) is 23.4 Å². The standard InChI is InChI=1S/C58H111O11P/c1-4-7-10-13-16-19-22-24-26-27-29-31-34-37-40-43-46-49-58(62)69-55(51-65-56(60)47-44-41-38-35-32-21-18-15-12-9-6-3)53-67-70(63,64)66-52-54(50-59)68-57(61)48-45-42-39-36-33-30-28-25-23-20-17-14-11-8-5-2/h24,26,54-55,59H,4-23,25,27-53H2,1-3H3,(H,63,64)/b26-24-. The Bertz CT molecular complexity index is 1230. The third-order valence-electron chi connectivity index (χ3n) is 13.2. The van der Waals surface area contributed by atoms with E-state index in [4.69, 9.17) is 23.3 Å². The molecule has 0 radical (unpaired) electrons. The Hall–Kier alpha value is -1.78. The second kappa shape index (κ2) is 53.5. The van der Waals surface area contributed by atoms with Gasteiger partial charge in [-0.1, -0.05) is 251 Å². The number of carbonyl (C=O) groups excluding carboxylic acids is 3. The summed E-state index contributed by atoms with van der Waals surface area (Å²) in [5.41, 5.74) is 0. The summed E-state index contributed by atoms with van der Waals surface area (Å²) in [6.07, 6.45) is 51.6. The summed E-state index contributed by atoms with van der Waals surface area (Å²) in [5.74, 6) is -1.44. The fourth-order valence-electron chi connectivity index (χ4n) is 8.65. The molecule has 0 bridgehead atoms. The molecule has 0 aromatic carbocycles. The molecule has 0 aliphatic rings. The molecule has 3 unspecified atom stereocenters. The van der Waals surface area contributed by atoms with Crippen molar-refractivity contribution in [1.29, 1.82) is 0 Å². The minimum absolute atomic E-state index is 0.169. The molecular weight excluding hydrogens is 904 g/mol. The van der Waals surface area contributed by atoms with E-state index in [0.29, 0.717) is 19.3 Å². The number of rotatable bonds is 56. The van der Waals surface area contributed by atoms with Gasteiger partial charge in [-0.2, -0.15) is 0 Å². The zero-order valence-corrected chi connectivity index (χ0v) is 46.7. The number of hydrogen-bond acceptors (Lipinski definition) is 10. The number of phosphoric ester groups is 1. The fraction of sp³-hybridized carbons (Fsp3) is 0.914. The van der Waals surface area contributed by atoms with Gasteiger partial charge in [0.25, 0.3) is 0 Å². The van der Waals surface area contributed by atoms with Gasteiger partial charge in [-0.15, -0.1) is 0 Å². The molecule has 0 spiro atoms. The Morgan fingerprint density at radius 3 is 0.986 bits per heavy atom. The van der Waals surface area contributed by atoms with E-state index in [1.165, 1.54) is 180 Å². The van der Waals surface area contributed by atoms with Crippen molar-refractivity contribution in [3.8, 4) is 0 Å². The Morgan fingerprint density at radius 2 is 0.657 bits per heavy atom. The first-order valence-electron chi connectivity index (χ1n) is 29.6. The topological polar surface area (TPSA) is 155 Å². The van der Waals surface area contributed by atoms with Gasteiger partial charge in [0, 0.05) is 19.3 Å². The minimum atomic E-state index is -4.74. The van der Waals surface area contributed by atoms with Crippen molar-refractivity contribution in [1.82, 2.24) is 0 Å². The molecule has 0 aliphatic carbocycles. The van der Waals surface area contributed by atoms with Gasteiger partial charge in [0.05, 0.1) is 19.8 Å². The van der Waals surface area contributed by atoms with E-state index >= 15 is 0 Å². The zero-order chi connectivity index (χ0) is 51.3. The summed E-state index contributed by atoms with van der Waals surface area (Å²) < 4.78 is 39.5. The maximum atomic E-state index is 12.9. The molecule has 0 heterocycles. The number of unbranched alkanes of at least 4 members (excludes halogenated alkanes) is 37. The minimum Gasteiger partial charge on any atom is -0.462 e. The van der Waals surface area contributed by atoms with Crippen LogP contribution in [0.15, 0.2) is 12.2 Å². The number of carbonyl (C=O) groups is 3. The molecule has 12 heteroatoms. The molecule has 0 saturated carbocycles. The van der Waals surface area contributed by atoms with Gasteiger partial charge in [-0.25, -0.2) is 4.57 Å². The molecule has 3 atom stereocenters. The molecule has 0 aromatic rings. The summed E-state index contributed by atoms with van der Waals surface area (Å²) in [5, 5.41) is 9.81. The Labute approximate surface area is 430 Å². The molecule has 2 N–H and O–H groups in total. The van der Waals surface area contributed by atoms with Crippen LogP contribution in [0.1, 0.15) is 303 Å². The molecule has 11 nitrogen and oxygen atoms in total. The van der Waals surface area contributed by atoms with Crippen LogP contribution in [-0.4, -0.2) is 66.5 Å². The summed E-state index contributed by atoms with van der Waals surface area (Å²) >= 11 is 0. The van der Waals surface area contributed by atoms with Crippen LogP contribution in [0.25, 0.3) is 0 Å². The van der Waals surface area contributed by atoms with Crippen molar-refractivity contribution in [3.63, 3.8) is 0 Å². The monoisotopic (exact) mass is 1010 g/mol. The molecule has 0 rings (SSSR count). The molecule has 0 saturated heterocycles. The van der Waals surface area contributed by atoms with Crippen LogP contribution >= 0.6 is 7.82 Å². The molecular formula is C58H111O11P. The Morgan fingerprint density at radius 1 is 0.386 bits per heavy atom. The van der Waals surface area contributed by atoms with Gasteiger partial charge in [-0.05, 0) is 44.9 Å². The highest BCUT2D eigenvalue weighted by molar-refractivity contribution is 7.47. The lowest BCUT2D eigenvalue weighted by atomic mass is 10.0. The second-order valence-corrected chi connectivity index (χ2v) is 21.6. The molecule has 0 amide bonds. The summed E-state index contributed by atoms with van der Waals surface area (Å²) in [7, 11) is -4.74. The summed E-state index contributed by atoms with van der Waals surface area (Å²) in [6, 6.07) is 0. The van der Waals surface area contributed by atoms with Crippen molar-refractivity contribution in [2.24, 2.45) is 0 Å². The first-order valence-corrected chi connectivity index (χ1v) is 31.1. The van der Waals surface area contributed by atoms with Crippen LogP contribution in [-0.2, 0) is 42.2 Å².